The van der Waals surface area contributed by atoms with Gasteiger partial charge in [0, 0.05) is 25.5 Å². The van der Waals surface area contributed by atoms with E-state index >= 15 is 0 Å². The van der Waals surface area contributed by atoms with Crippen molar-refractivity contribution in [2.24, 2.45) is 7.05 Å². The van der Waals surface area contributed by atoms with E-state index in [1.807, 2.05) is 36.0 Å². The van der Waals surface area contributed by atoms with Crippen molar-refractivity contribution in [1.29, 1.82) is 0 Å². The van der Waals surface area contributed by atoms with Gasteiger partial charge < -0.3 is 9.88 Å². The molecule has 102 valence electrons. The predicted molar refractivity (Wildman–Crippen MR) is 77.4 cm³/mol. The van der Waals surface area contributed by atoms with E-state index in [4.69, 9.17) is 0 Å². The van der Waals surface area contributed by atoms with Crippen LogP contribution in [0.3, 0.4) is 0 Å². The molecular weight excluding hydrogens is 252 g/mol. The van der Waals surface area contributed by atoms with Gasteiger partial charge in [-0.1, -0.05) is 6.07 Å². The van der Waals surface area contributed by atoms with Gasteiger partial charge in [-0.15, -0.1) is 0 Å². The van der Waals surface area contributed by atoms with E-state index in [-0.39, 0.29) is 0 Å². The third kappa shape index (κ3) is 2.74. The van der Waals surface area contributed by atoms with Gasteiger partial charge in [0.1, 0.15) is 5.52 Å². The van der Waals surface area contributed by atoms with Crippen molar-refractivity contribution >= 4 is 17.1 Å². The zero-order chi connectivity index (χ0) is 13.8. The van der Waals surface area contributed by atoms with Gasteiger partial charge in [-0.3, -0.25) is 4.98 Å². The zero-order valence-corrected chi connectivity index (χ0v) is 11.3. The van der Waals surface area contributed by atoms with E-state index in [0.29, 0.717) is 5.95 Å². The van der Waals surface area contributed by atoms with E-state index in [0.717, 1.165) is 36.2 Å². The fraction of sp³-hybridized carbons (Fsp3) is 0.286. The summed E-state index contributed by atoms with van der Waals surface area (Å²) in [4.78, 5) is 17.2. The Kier molecular flexibility index (Phi) is 3.54. The summed E-state index contributed by atoms with van der Waals surface area (Å²) in [6, 6.07) is 5.98. The topological polar surface area (TPSA) is 68.5 Å². The second-order valence-corrected chi connectivity index (χ2v) is 4.61. The molecule has 3 aromatic heterocycles. The number of pyridine rings is 1. The Morgan fingerprint density at radius 3 is 3.00 bits per heavy atom. The smallest absolute Gasteiger partial charge is 0.224 e. The van der Waals surface area contributed by atoms with Gasteiger partial charge >= 0.3 is 0 Å². The number of fused-ring (bicyclic) bond motifs is 1. The second-order valence-electron chi connectivity index (χ2n) is 4.61. The highest BCUT2D eigenvalue weighted by molar-refractivity contribution is 5.70. The number of nitrogens with zero attached hydrogens (tertiary/aromatic N) is 5. The highest BCUT2D eigenvalue weighted by Gasteiger charge is 2.03. The Labute approximate surface area is 116 Å². The number of aromatic nitrogens is 5. The third-order valence-electron chi connectivity index (χ3n) is 3.07. The Morgan fingerprint density at radius 2 is 2.15 bits per heavy atom. The molecule has 0 aromatic carbocycles. The van der Waals surface area contributed by atoms with Crippen molar-refractivity contribution in [3.8, 4) is 0 Å². The van der Waals surface area contributed by atoms with Crippen LogP contribution in [0.5, 0.6) is 0 Å². The molecule has 6 heteroatoms. The lowest BCUT2D eigenvalue weighted by Gasteiger charge is -2.04. The van der Waals surface area contributed by atoms with Crippen molar-refractivity contribution in [3.05, 3.63) is 42.6 Å². The summed E-state index contributed by atoms with van der Waals surface area (Å²) in [6.45, 7) is 0.819. The molecule has 20 heavy (non-hydrogen) atoms. The Hall–Kier alpha value is -2.50. The van der Waals surface area contributed by atoms with Gasteiger partial charge in [0.2, 0.25) is 5.95 Å². The SMILES string of the molecule is Cn1cnc2cnc(NCCCc3ccccn3)nc21. The number of anilines is 1. The quantitative estimate of drug-likeness (QED) is 0.715. The average molecular weight is 268 g/mol. The largest absolute Gasteiger partial charge is 0.354 e. The fourth-order valence-electron chi connectivity index (χ4n) is 2.02. The van der Waals surface area contributed by atoms with E-state index in [1.165, 1.54) is 0 Å². The number of hydrogen-bond donors (Lipinski definition) is 1. The Morgan fingerprint density at radius 1 is 1.20 bits per heavy atom. The van der Waals surface area contributed by atoms with Crippen molar-refractivity contribution in [2.75, 3.05) is 11.9 Å². The van der Waals surface area contributed by atoms with Gasteiger partial charge in [0.05, 0.1) is 12.5 Å². The maximum absolute atomic E-state index is 4.44. The van der Waals surface area contributed by atoms with Crippen LogP contribution in [-0.2, 0) is 13.5 Å². The standard InChI is InChI=1S/C14H16N6/c1-20-10-18-12-9-17-14(19-13(12)20)16-8-4-6-11-5-2-3-7-15-11/h2-3,5,7,9-10H,4,6,8H2,1H3,(H,16,17,19). The van der Waals surface area contributed by atoms with Gasteiger partial charge in [0.25, 0.3) is 0 Å². The summed E-state index contributed by atoms with van der Waals surface area (Å²) in [6.07, 6.45) is 7.24. The molecule has 0 saturated carbocycles. The molecule has 0 aliphatic carbocycles. The molecule has 0 unspecified atom stereocenters. The van der Waals surface area contributed by atoms with E-state index in [1.54, 1.807) is 12.5 Å². The molecule has 6 nitrogen and oxygen atoms in total. The fourth-order valence-corrected chi connectivity index (χ4v) is 2.02. The van der Waals surface area contributed by atoms with Gasteiger partial charge in [0.15, 0.2) is 5.65 Å². The van der Waals surface area contributed by atoms with Crippen LogP contribution in [0.25, 0.3) is 11.2 Å². The predicted octanol–water partition coefficient (Wildman–Crippen LogP) is 1.80. The normalized spacial score (nSPS) is 10.8. The van der Waals surface area contributed by atoms with Crippen LogP contribution in [0.2, 0.25) is 0 Å². The number of aryl methyl sites for hydroxylation is 2. The highest BCUT2D eigenvalue weighted by atomic mass is 15.2. The molecule has 3 rings (SSSR count). The summed E-state index contributed by atoms with van der Waals surface area (Å²) < 4.78 is 1.89. The molecule has 0 aliphatic heterocycles. The first-order chi connectivity index (χ1) is 9.83. The van der Waals surface area contributed by atoms with Crippen LogP contribution in [0.1, 0.15) is 12.1 Å². The van der Waals surface area contributed by atoms with Crippen LogP contribution in [-0.4, -0.2) is 31.0 Å². The van der Waals surface area contributed by atoms with Crippen LogP contribution >= 0.6 is 0 Å². The minimum atomic E-state index is 0.641. The Balaban J connectivity index is 1.56. The van der Waals surface area contributed by atoms with E-state index in [9.17, 15) is 0 Å². The molecule has 0 atom stereocenters. The first kappa shape index (κ1) is 12.5. The molecule has 3 heterocycles. The molecule has 0 radical (unpaired) electrons. The number of rotatable bonds is 5. The number of nitrogens with one attached hydrogen (secondary N) is 1. The zero-order valence-electron chi connectivity index (χ0n) is 11.3. The van der Waals surface area contributed by atoms with Crippen LogP contribution in [0, 0.1) is 0 Å². The lowest BCUT2D eigenvalue weighted by Crippen LogP contribution is -2.07. The molecule has 0 fully saturated rings. The van der Waals surface area contributed by atoms with E-state index in [2.05, 4.69) is 25.3 Å². The Bertz CT molecular complexity index is 691. The van der Waals surface area contributed by atoms with Gasteiger partial charge in [-0.25, -0.2) is 9.97 Å². The van der Waals surface area contributed by atoms with Crippen LogP contribution in [0.15, 0.2) is 36.9 Å². The second kappa shape index (κ2) is 5.64. The van der Waals surface area contributed by atoms with Crippen molar-refractivity contribution in [2.45, 2.75) is 12.8 Å². The van der Waals surface area contributed by atoms with Crippen molar-refractivity contribution < 1.29 is 0 Å². The lowest BCUT2D eigenvalue weighted by atomic mass is 10.2. The monoisotopic (exact) mass is 268 g/mol. The van der Waals surface area contributed by atoms with Crippen LogP contribution < -0.4 is 5.32 Å². The van der Waals surface area contributed by atoms with Gasteiger partial charge in [-0.2, -0.15) is 4.98 Å². The summed E-state index contributed by atoms with van der Waals surface area (Å²) in [5.41, 5.74) is 2.76. The lowest BCUT2D eigenvalue weighted by molar-refractivity contribution is 0.828. The summed E-state index contributed by atoms with van der Waals surface area (Å²) in [5, 5.41) is 3.23. The summed E-state index contributed by atoms with van der Waals surface area (Å²) in [5.74, 6) is 0.641. The van der Waals surface area contributed by atoms with Gasteiger partial charge in [-0.05, 0) is 25.0 Å². The molecule has 3 aromatic rings. The molecule has 0 spiro atoms. The maximum Gasteiger partial charge on any atom is 0.224 e. The molecule has 0 aliphatic rings. The molecule has 0 amide bonds. The van der Waals surface area contributed by atoms with Crippen LogP contribution in [0.4, 0.5) is 5.95 Å². The molecule has 0 saturated heterocycles. The first-order valence-corrected chi connectivity index (χ1v) is 6.61. The van der Waals surface area contributed by atoms with E-state index < -0.39 is 0 Å². The average Bonchev–Trinajstić information content (AvgIpc) is 2.86. The number of imidazole rings is 1. The molecular formula is C14H16N6. The minimum absolute atomic E-state index is 0.641. The molecule has 0 bridgehead atoms. The highest BCUT2D eigenvalue weighted by Crippen LogP contribution is 2.09. The summed E-state index contributed by atoms with van der Waals surface area (Å²) in [7, 11) is 1.92. The number of hydrogen-bond acceptors (Lipinski definition) is 5. The molecule has 1 N–H and O–H groups in total. The first-order valence-electron chi connectivity index (χ1n) is 6.61. The maximum atomic E-state index is 4.44. The third-order valence-corrected chi connectivity index (χ3v) is 3.07. The van der Waals surface area contributed by atoms with Crippen molar-refractivity contribution in [3.63, 3.8) is 0 Å². The summed E-state index contributed by atoms with van der Waals surface area (Å²) >= 11 is 0. The van der Waals surface area contributed by atoms with Crippen molar-refractivity contribution in [1.82, 2.24) is 24.5 Å². The minimum Gasteiger partial charge on any atom is -0.354 e.